The number of aromatic nitrogens is 3. The van der Waals surface area contributed by atoms with Gasteiger partial charge in [-0.25, -0.2) is 9.48 Å². The highest BCUT2D eigenvalue weighted by atomic mass is 35.5. The summed E-state index contributed by atoms with van der Waals surface area (Å²) in [6.45, 7) is 3.03. The Labute approximate surface area is 138 Å². The molecular formula is C15H18ClN3O4. The molecule has 0 unspecified atom stereocenters. The third-order valence-corrected chi connectivity index (χ3v) is 3.38. The van der Waals surface area contributed by atoms with Crippen LogP contribution >= 0.6 is 11.6 Å². The second-order valence-electron chi connectivity index (χ2n) is 5.25. The zero-order chi connectivity index (χ0) is 17.0. The average molecular weight is 340 g/mol. The molecule has 0 radical (unpaired) electrons. The van der Waals surface area contributed by atoms with Gasteiger partial charge in [0.2, 0.25) is 0 Å². The Hall–Kier alpha value is -1.96. The molecule has 0 aliphatic rings. The predicted molar refractivity (Wildman–Crippen MR) is 82.9 cm³/mol. The van der Waals surface area contributed by atoms with E-state index in [0.29, 0.717) is 10.6 Å². The van der Waals surface area contributed by atoms with Gasteiger partial charge in [0.25, 0.3) is 0 Å². The van der Waals surface area contributed by atoms with Gasteiger partial charge in [-0.05, 0) is 31.5 Å². The monoisotopic (exact) mass is 339 g/mol. The predicted octanol–water partition coefficient (Wildman–Crippen LogP) is 1.72. The van der Waals surface area contributed by atoms with E-state index in [-0.39, 0.29) is 24.0 Å². The van der Waals surface area contributed by atoms with Crippen molar-refractivity contribution in [1.29, 1.82) is 0 Å². The number of carbonyl (C=O) groups excluding carboxylic acids is 1. The van der Waals surface area contributed by atoms with Crippen LogP contribution in [-0.2, 0) is 17.9 Å². The molecule has 0 aliphatic heterocycles. The van der Waals surface area contributed by atoms with Crippen LogP contribution in [0, 0.1) is 0 Å². The first-order valence-electron chi connectivity index (χ1n) is 7.10. The summed E-state index contributed by atoms with van der Waals surface area (Å²) in [5.41, 5.74) is 0.785. The first-order chi connectivity index (χ1) is 10.9. The van der Waals surface area contributed by atoms with E-state index in [4.69, 9.17) is 16.3 Å². The Morgan fingerprint density at radius 2 is 2.00 bits per heavy atom. The quantitative estimate of drug-likeness (QED) is 0.778. The first kappa shape index (κ1) is 17.4. The van der Waals surface area contributed by atoms with E-state index in [0.717, 1.165) is 0 Å². The fourth-order valence-electron chi connectivity index (χ4n) is 2.02. The molecule has 1 heterocycles. The molecule has 0 saturated heterocycles. The number of aliphatic hydroxyl groups is 2. The number of benzene rings is 1. The average Bonchev–Trinajstić information content (AvgIpc) is 2.89. The molecular weight excluding hydrogens is 322 g/mol. The summed E-state index contributed by atoms with van der Waals surface area (Å²) in [5, 5.41) is 27.9. The van der Waals surface area contributed by atoms with E-state index in [1.54, 1.807) is 38.1 Å². The third kappa shape index (κ3) is 4.28. The molecule has 8 heteroatoms. The molecule has 1 atom stereocenters. The van der Waals surface area contributed by atoms with Crippen molar-refractivity contribution < 1.29 is 19.7 Å². The molecule has 0 saturated carbocycles. The van der Waals surface area contributed by atoms with Crippen molar-refractivity contribution in [3.05, 3.63) is 46.2 Å². The lowest BCUT2D eigenvalue weighted by molar-refractivity contribution is 0.0366. The molecule has 23 heavy (non-hydrogen) atoms. The molecule has 0 fully saturated rings. The summed E-state index contributed by atoms with van der Waals surface area (Å²) in [5.74, 6) is -0.656. The summed E-state index contributed by atoms with van der Waals surface area (Å²) in [6.07, 6.45) is -1.19. The van der Waals surface area contributed by atoms with Crippen molar-refractivity contribution >= 4 is 17.6 Å². The lowest BCUT2D eigenvalue weighted by Crippen LogP contribution is -2.16. The number of esters is 1. The van der Waals surface area contributed by atoms with Crippen molar-refractivity contribution in [2.24, 2.45) is 0 Å². The van der Waals surface area contributed by atoms with Crippen LogP contribution in [0.25, 0.3) is 0 Å². The van der Waals surface area contributed by atoms with Crippen molar-refractivity contribution in [2.75, 3.05) is 0 Å². The maximum atomic E-state index is 11.9. The summed E-state index contributed by atoms with van der Waals surface area (Å²) < 4.78 is 6.34. The number of halogens is 1. The van der Waals surface area contributed by atoms with Gasteiger partial charge in [0.05, 0.1) is 31.1 Å². The van der Waals surface area contributed by atoms with Gasteiger partial charge in [-0.1, -0.05) is 28.9 Å². The van der Waals surface area contributed by atoms with Crippen LogP contribution in [-0.4, -0.2) is 37.3 Å². The molecule has 1 aromatic heterocycles. The normalized spacial score (nSPS) is 12.4. The number of hydrogen-bond acceptors (Lipinski definition) is 6. The van der Waals surface area contributed by atoms with Crippen LogP contribution in [0.5, 0.6) is 0 Å². The minimum Gasteiger partial charge on any atom is -0.458 e. The molecule has 2 N–H and O–H groups in total. The van der Waals surface area contributed by atoms with E-state index >= 15 is 0 Å². The number of hydrogen-bond donors (Lipinski definition) is 2. The SMILES string of the molecule is CC(C)OC(=O)c1nnn(C[C@@H](O)c2ccc(Cl)cc2)c1CO. The van der Waals surface area contributed by atoms with Gasteiger partial charge in [-0.15, -0.1) is 5.10 Å². The summed E-state index contributed by atoms with van der Waals surface area (Å²) in [4.78, 5) is 11.9. The largest absolute Gasteiger partial charge is 0.458 e. The van der Waals surface area contributed by atoms with Gasteiger partial charge in [0.1, 0.15) is 0 Å². The molecule has 0 aliphatic carbocycles. The van der Waals surface area contributed by atoms with Crippen molar-refractivity contribution in [2.45, 2.75) is 39.2 Å². The van der Waals surface area contributed by atoms with E-state index in [2.05, 4.69) is 10.3 Å². The van der Waals surface area contributed by atoms with Gasteiger partial charge in [-0.3, -0.25) is 0 Å². The fraction of sp³-hybridized carbons (Fsp3) is 0.400. The second kappa shape index (κ2) is 7.54. The van der Waals surface area contributed by atoms with Gasteiger partial charge < -0.3 is 14.9 Å². The van der Waals surface area contributed by atoms with Crippen LogP contribution in [0.15, 0.2) is 24.3 Å². The van der Waals surface area contributed by atoms with Crippen LogP contribution in [0.2, 0.25) is 5.02 Å². The minimum atomic E-state index is -0.881. The third-order valence-electron chi connectivity index (χ3n) is 3.12. The Bertz CT molecular complexity index is 670. The van der Waals surface area contributed by atoms with Crippen molar-refractivity contribution in [3.8, 4) is 0 Å². The van der Waals surface area contributed by atoms with E-state index in [1.807, 2.05) is 0 Å². The van der Waals surface area contributed by atoms with Gasteiger partial charge in [0, 0.05) is 5.02 Å². The maximum Gasteiger partial charge on any atom is 0.361 e. The lowest BCUT2D eigenvalue weighted by Gasteiger charge is -2.13. The number of rotatable bonds is 6. The number of nitrogens with zero attached hydrogens (tertiary/aromatic N) is 3. The molecule has 124 valence electrons. The lowest BCUT2D eigenvalue weighted by atomic mass is 10.1. The van der Waals surface area contributed by atoms with E-state index in [9.17, 15) is 15.0 Å². The second-order valence-corrected chi connectivity index (χ2v) is 5.68. The maximum absolute atomic E-state index is 11.9. The van der Waals surface area contributed by atoms with E-state index < -0.39 is 18.7 Å². The van der Waals surface area contributed by atoms with Gasteiger partial charge >= 0.3 is 5.97 Å². The first-order valence-corrected chi connectivity index (χ1v) is 7.48. The Balaban J connectivity index is 2.18. The van der Waals surface area contributed by atoms with Gasteiger partial charge in [0.15, 0.2) is 5.69 Å². The summed E-state index contributed by atoms with van der Waals surface area (Å²) >= 11 is 5.81. The zero-order valence-corrected chi connectivity index (χ0v) is 13.6. The molecule has 0 spiro atoms. The molecule has 0 bridgehead atoms. The van der Waals surface area contributed by atoms with Crippen molar-refractivity contribution in [1.82, 2.24) is 15.0 Å². The Morgan fingerprint density at radius 1 is 1.35 bits per heavy atom. The van der Waals surface area contributed by atoms with Crippen LogP contribution in [0.4, 0.5) is 0 Å². The Morgan fingerprint density at radius 3 is 2.57 bits per heavy atom. The van der Waals surface area contributed by atoms with Crippen LogP contribution in [0.3, 0.4) is 0 Å². The molecule has 7 nitrogen and oxygen atoms in total. The number of aliphatic hydroxyl groups excluding tert-OH is 2. The Kier molecular flexibility index (Phi) is 5.70. The van der Waals surface area contributed by atoms with Crippen LogP contribution in [0.1, 0.15) is 41.7 Å². The highest BCUT2D eigenvalue weighted by Gasteiger charge is 2.22. The number of ether oxygens (including phenoxy) is 1. The molecule has 0 amide bonds. The number of carbonyl (C=O) groups is 1. The molecule has 1 aromatic carbocycles. The zero-order valence-electron chi connectivity index (χ0n) is 12.8. The highest BCUT2D eigenvalue weighted by Crippen LogP contribution is 2.19. The van der Waals surface area contributed by atoms with E-state index in [1.165, 1.54) is 4.68 Å². The summed E-state index contributed by atoms with van der Waals surface area (Å²) in [6, 6.07) is 6.71. The summed E-state index contributed by atoms with van der Waals surface area (Å²) in [7, 11) is 0. The highest BCUT2D eigenvalue weighted by molar-refractivity contribution is 6.30. The van der Waals surface area contributed by atoms with Crippen molar-refractivity contribution in [3.63, 3.8) is 0 Å². The smallest absolute Gasteiger partial charge is 0.361 e. The fourth-order valence-corrected chi connectivity index (χ4v) is 2.14. The standard InChI is InChI=1S/C15H18ClN3O4/c1-9(2)23-15(22)14-12(8-20)19(18-17-14)7-13(21)10-3-5-11(16)6-4-10/h3-6,9,13,20-21H,7-8H2,1-2H3/t13-/m1/s1. The van der Waals surface area contributed by atoms with Gasteiger partial charge in [-0.2, -0.15) is 0 Å². The molecule has 2 rings (SSSR count). The van der Waals surface area contributed by atoms with Crippen LogP contribution < -0.4 is 0 Å². The topological polar surface area (TPSA) is 97.5 Å². The molecule has 2 aromatic rings. The minimum absolute atomic E-state index is 0.0412.